The lowest BCUT2D eigenvalue weighted by Crippen LogP contribution is -2.18. The second-order valence-electron chi connectivity index (χ2n) is 6.24. The van der Waals surface area contributed by atoms with Crippen molar-refractivity contribution in [3.8, 4) is 11.3 Å². The van der Waals surface area contributed by atoms with Crippen LogP contribution in [0.5, 0.6) is 0 Å². The van der Waals surface area contributed by atoms with E-state index in [9.17, 15) is 28.1 Å². The third-order valence-electron chi connectivity index (χ3n) is 4.13. The number of benzene rings is 2. The third-order valence-corrected chi connectivity index (χ3v) is 4.13. The van der Waals surface area contributed by atoms with Crippen molar-refractivity contribution in [2.75, 3.05) is 0 Å². The minimum absolute atomic E-state index is 0.0874. The van der Waals surface area contributed by atoms with E-state index in [1.165, 1.54) is 30.5 Å². The molecule has 1 amide bonds. The van der Waals surface area contributed by atoms with E-state index in [-0.39, 0.29) is 17.0 Å². The van der Waals surface area contributed by atoms with Crippen molar-refractivity contribution in [1.82, 2.24) is 5.43 Å². The lowest BCUT2D eigenvalue weighted by Gasteiger charge is -2.07. The van der Waals surface area contributed by atoms with Crippen LogP contribution in [0.2, 0.25) is 0 Å². The van der Waals surface area contributed by atoms with Crippen LogP contribution < -0.4 is 5.43 Å². The summed E-state index contributed by atoms with van der Waals surface area (Å²) in [4.78, 5) is 22.4. The van der Waals surface area contributed by atoms with Gasteiger partial charge in [-0.05, 0) is 42.8 Å². The molecule has 0 aliphatic rings. The number of carbonyl (C=O) groups excluding carboxylic acids is 1. The second kappa shape index (κ2) is 8.19. The van der Waals surface area contributed by atoms with Crippen molar-refractivity contribution >= 4 is 17.8 Å². The molecule has 1 heterocycles. The average Bonchev–Trinajstić information content (AvgIpc) is 3.16. The van der Waals surface area contributed by atoms with Gasteiger partial charge in [-0.1, -0.05) is 12.1 Å². The number of amides is 1. The molecule has 7 nitrogen and oxygen atoms in total. The summed E-state index contributed by atoms with van der Waals surface area (Å²) in [5.74, 6) is -0.222. The first-order chi connectivity index (χ1) is 14.1. The molecule has 154 valence electrons. The summed E-state index contributed by atoms with van der Waals surface area (Å²) in [7, 11) is 0. The van der Waals surface area contributed by atoms with Gasteiger partial charge in [0.15, 0.2) is 0 Å². The van der Waals surface area contributed by atoms with Gasteiger partial charge in [-0.15, -0.1) is 0 Å². The van der Waals surface area contributed by atoms with Gasteiger partial charge in [-0.3, -0.25) is 14.9 Å². The smallest absolute Gasteiger partial charge is 0.416 e. The van der Waals surface area contributed by atoms with E-state index in [0.717, 1.165) is 23.8 Å². The van der Waals surface area contributed by atoms with E-state index < -0.39 is 22.6 Å². The molecule has 0 saturated heterocycles. The van der Waals surface area contributed by atoms with E-state index in [1.807, 2.05) is 0 Å². The lowest BCUT2D eigenvalue weighted by molar-refractivity contribution is -0.384. The van der Waals surface area contributed by atoms with Crippen molar-refractivity contribution in [2.24, 2.45) is 5.10 Å². The number of nitrogens with one attached hydrogen (secondary N) is 1. The molecular weight excluding hydrogens is 403 g/mol. The monoisotopic (exact) mass is 417 g/mol. The fraction of sp³-hybridized carbons (Fsp3) is 0.100. The number of nitrogens with zero attached hydrogens (tertiary/aromatic N) is 2. The Bertz CT molecular complexity index is 1140. The summed E-state index contributed by atoms with van der Waals surface area (Å²) in [5.41, 5.74) is 2.18. The standard InChI is InChI=1S/C20H14F3N3O4/c1-12-5-6-15(26(28)29)10-17(12)18-8-7-16(30-18)11-24-25-19(27)13-3-2-4-14(9-13)20(21,22)23/h2-11H,1H3,(H,25,27)/b24-11-. The zero-order chi connectivity index (χ0) is 21.9. The van der Waals surface area contributed by atoms with Gasteiger partial charge in [0.2, 0.25) is 0 Å². The minimum atomic E-state index is -4.56. The summed E-state index contributed by atoms with van der Waals surface area (Å²) >= 11 is 0. The summed E-state index contributed by atoms with van der Waals surface area (Å²) in [5, 5.41) is 14.6. The first-order valence-electron chi connectivity index (χ1n) is 8.51. The Balaban J connectivity index is 1.72. The molecular formula is C20H14F3N3O4. The first kappa shape index (κ1) is 20.8. The average molecular weight is 417 g/mol. The maximum atomic E-state index is 12.7. The van der Waals surface area contributed by atoms with Gasteiger partial charge in [0.25, 0.3) is 11.6 Å². The predicted octanol–water partition coefficient (Wildman–Crippen LogP) is 4.95. The molecule has 0 spiro atoms. The quantitative estimate of drug-likeness (QED) is 0.361. The highest BCUT2D eigenvalue weighted by Gasteiger charge is 2.30. The Kier molecular flexibility index (Phi) is 5.67. The largest absolute Gasteiger partial charge is 0.455 e. The highest BCUT2D eigenvalue weighted by molar-refractivity contribution is 5.95. The number of hydrazone groups is 1. The molecule has 0 unspecified atom stereocenters. The van der Waals surface area contributed by atoms with Crippen molar-refractivity contribution in [1.29, 1.82) is 0 Å². The van der Waals surface area contributed by atoms with Crippen LogP contribution in [0.1, 0.15) is 27.2 Å². The molecule has 3 rings (SSSR count). The molecule has 1 aromatic heterocycles. The van der Waals surface area contributed by atoms with Gasteiger partial charge in [-0.2, -0.15) is 18.3 Å². The molecule has 0 fully saturated rings. The highest BCUT2D eigenvalue weighted by Crippen LogP contribution is 2.30. The fourth-order valence-electron chi connectivity index (χ4n) is 2.61. The predicted molar refractivity (Wildman–Crippen MR) is 102 cm³/mol. The Morgan fingerprint density at radius 1 is 1.17 bits per heavy atom. The molecule has 0 aliphatic heterocycles. The molecule has 2 aromatic carbocycles. The zero-order valence-corrected chi connectivity index (χ0v) is 15.4. The van der Waals surface area contributed by atoms with E-state index in [0.29, 0.717) is 11.3 Å². The van der Waals surface area contributed by atoms with Crippen LogP contribution in [0, 0.1) is 17.0 Å². The number of nitro groups is 1. The van der Waals surface area contributed by atoms with Crippen LogP contribution in [-0.4, -0.2) is 17.0 Å². The van der Waals surface area contributed by atoms with Crippen molar-refractivity contribution < 1.29 is 27.3 Å². The number of non-ortho nitro benzene ring substituents is 1. The van der Waals surface area contributed by atoms with Gasteiger partial charge in [0.05, 0.1) is 16.7 Å². The topological polar surface area (TPSA) is 97.7 Å². The number of hydrogen-bond acceptors (Lipinski definition) is 5. The minimum Gasteiger partial charge on any atom is -0.455 e. The van der Waals surface area contributed by atoms with Crippen LogP contribution in [0.4, 0.5) is 18.9 Å². The van der Waals surface area contributed by atoms with Gasteiger partial charge >= 0.3 is 6.18 Å². The summed E-state index contributed by atoms with van der Waals surface area (Å²) in [6.45, 7) is 1.77. The van der Waals surface area contributed by atoms with Crippen molar-refractivity contribution in [2.45, 2.75) is 13.1 Å². The maximum absolute atomic E-state index is 12.7. The Morgan fingerprint density at radius 2 is 1.93 bits per heavy atom. The van der Waals surface area contributed by atoms with Gasteiger partial charge in [0.1, 0.15) is 11.5 Å². The molecule has 0 radical (unpaired) electrons. The van der Waals surface area contributed by atoms with Crippen LogP contribution in [-0.2, 0) is 6.18 Å². The normalized spacial score (nSPS) is 11.6. The van der Waals surface area contributed by atoms with E-state index >= 15 is 0 Å². The van der Waals surface area contributed by atoms with E-state index in [4.69, 9.17) is 4.42 Å². The Hall–Kier alpha value is -3.95. The highest BCUT2D eigenvalue weighted by atomic mass is 19.4. The molecule has 1 N–H and O–H groups in total. The number of furan rings is 1. The van der Waals surface area contributed by atoms with Gasteiger partial charge in [-0.25, -0.2) is 5.43 Å². The van der Waals surface area contributed by atoms with Crippen LogP contribution in [0.3, 0.4) is 0 Å². The summed E-state index contributed by atoms with van der Waals surface area (Å²) < 4.78 is 43.8. The van der Waals surface area contributed by atoms with E-state index in [1.54, 1.807) is 19.1 Å². The number of aryl methyl sites for hydroxylation is 1. The Labute approximate surface area is 168 Å². The third kappa shape index (κ3) is 4.72. The molecule has 0 aliphatic carbocycles. The van der Waals surface area contributed by atoms with Gasteiger partial charge < -0.3 is 4.42 Å². The van der Waals surface area contributed by atoms with Crippen LogP contribution >= 0.6 is 0 Å². The number of hydrogen-bond donors (Lipinski definition) is 1. The number of rotatable bonds is 5. The van der Waals surface area contributed by atoms with Gasteiger partial charge in [0, 0.05) is 23.3 Å². The maximum Gasteiger partial charge on any atom is 0.416 e. The zero-order valence-electron chi connectivity index (χ0n) is 15.4. The second-order valence-corrected chi connectivity index (χ2v) is 6.24. The molecule has 10 heteroatoms. The Morgan fingerprint density at radius 3 is 2.63 bits per heavy atom. The molecule has 0 atom stereocenters. The van der Waals surface area contributed by atoms with Crippen LogP contribution in [0.25, 0.3) is 11.3 Å². The number of nitro benzene ring substituents is 1. The van der Waals surface area contributed by atoms with Crippen molar-refractivity contribution in [3.05, 3.63) is 87.2 Å². The summed E-state index contributed by atoms with van der Waals surface area (Å²) in [6.07, 6.45) is -3.39. The van der Waals surface area contributed by atoms with E-state index in [2.05, 4.69) is 10.5 Å². The number of carbonyl (C=O) groups is 1. The molecule has 0 bridgehead atoms. The SMILES string of the molecule is Cc1ccc([N+](=O)[O-])cc1-c1ccc(/C=N\NC(=O)c2cccc(C(F)(F)F)c2)o1. The fourth-order valence-corrected chi connectivity index (χ4v) is 2.61. The van der Waals surface area contributed by atoms with Crippen LogP contribution in [0.15, 0.2) is 64.1 Å². The number of alkyl halides is 3. The lowest BCUT2D eigenvalue weighted by atomic mass is 10.1. The summed E-state index contributed by atoms with van der Waals surface area (Å²) in [6, 6.07) is 11.4. The molecule has 0 saturated carbocycles. The molecule has 3 aromatic rings. The first-order valence-corrected chi connectivity index (χ1v) is 8.51. The van der Waals surface area contributed by atoms with Crippen molar-refractivity contribution in [3.63, 3.8) is 0 Å². The number of halogens is 3. The molecule has 30 heavy (non-hydrogen) atoms.